The van der Waals surface area contributed by atoms with Crippen molar-refractivity contribution in [3.05, 3.63) is 29.6 Å². The van der Waals surface area contributed by atoms with Crippen molar-refractivity contribution in [3.8, 4) is 6.07 Å². The molecule has 2 rings (SSSR count). The predicted molar refractivity (Wildman–Crippen MR) is 66.3 cm³/mol. The molecule has 0 aliphatic carbocycles. The van der Waals surface area contributed by atoms with Gasteiger partial charge in [-0.3, -0.25) is 4.90 Å². The monoisotopic (exact) mass is 230 g/mol. The van der Waals surface area contributed by atoms with E-state index in [4.69, 9.17) is 5.26 Å². The molecule has 0 amide bonds. The van der Waals surface area contributed by atoms with Gasteiger partial charge in [-0.25, -0.2) is 4.98 Å². The highest BCUT2D eigenvalue weighted by Crippen LogP contribution is 2.17. The van der Waals surface area contributed by atoms with E-state index in [1.54, 1.807) is 6.20 Å². The first kappa shape index (κ1) is 12.0. The number of rotatable bonds is 3. The standard InChI is InChI=1S/C13H18N4/c1-16(2)12-5-7-17(10-12)9-11-4-3-6-15-13(11)8-14/h3-4,6,12H,5,7,9-10H2,1-2H3. The average molecular weight is 230 g/mol. The van der Waals surface area contributed by atoms with Crippen LogP contribution in [0.2, 0.25) is 0 Å². The summed E-state index contributed by atoms with van der Waals surface area (Å²) < 4.78 is 0. The summed E-state index contributed by atoms with van der Waals surface area (Å²) in [6, 6.07) is 6.68. The third-order valence-corrected chi connectivity index (χ3v) is 3.37. The molecule has 90 valence electrons. The van der Waals surface area contributed by atoms with Gasteiger partial charge >= 0.3 is 0 Å². The number of nitriles is 1. The SMILES string of the molecule is CN(C)C1CCN(Cc2cccnc2C#N)C1. The highest BCUT2D eigenvalue weighted by molar-refractivity contribution is 5.30. The Bertz CT molecular complexity index is 422. The van der Waals surface area contributed by atoms with Crippen LogP contribution in [-0.2, 0) is 6.54 Å². The van der Waals surface area contributed by atoms with Crippen molar-refractivity contribution in [3.63, 3.8) is 0 Å². The highest BCUT2D eigenvalue weighted by Gasteiger charge is 2.24. The Morgan fingerprint density at radius 2 is 2.41 bits per heavy atom. The van der Waals surface area contributed by atoms with Crippen molar-refractivity contribution < 1.29 is 0 Å². The number of hydrogen-bond acceptors (Lipinski definition) is 4. The molecule has 0 saturated carbocycles. The lowest BCUT2D eigenvalue weighted by atomic mass is 10.2. The quantitative estimate of drug-likeness (QED) is 0.779. The third-order valence-electron chi connectivity index (χ3n) is 3.37. The van der Waals surface area contributed by atoms with E-state index in [1.165, 1.54) is 6.42 Å². The zero-order valence-corrected chi connectivity index (χ0v) is 10.4. The van der Waals surface area contributed by atoms with Crippen LogP contribution in [0.25, 0.3) is 0 Å². The Morgan fingerprint density at radius 1 is 1.59 bits per heavy atom. The van der Waals surface area contributed by atoms with Crippen LogP contribution in [0.5, 0.6) is 0 Å². The van der Waals surface area contributed by atoms with Crippen LogP contribution in [0.1, 0.15) is 17.7 Å². The van der Waals surface area contributed by atoms with E-state index in [2.05, 4.69) is 34.9 Å². The van der Waals surface area contributed by atoms with Gasteiger partial charge in [0.25, 0.3) is 0 Å². The lowest BCUT2D eigenvalue weighted by Crippen LogP contribution is -2.31. The first-order valence-electron chi connectivity index (χ1n) is 5.93. The molecule has 17 heavy (non-hydrogen) atoms. The van der Waals surface area contributed by atoms with Crippen LogP contribution in [-0.4, -0.2) is 48.0 Å². The van der Waals surface area contributed by atoms with Crippen LogP contribution in [0.15, 0.2) is 18.3 Å². The summed E-state index contributed by atoms with van der Waals surface area (Å²) in [5.74, 6) is 0. The molecule has 1 atom stereocenters. The fraction of sp³-hybridized carbons (Fsp3) is 0.538. The molecular weight excluding hydrogens is 212 g/mol. The molecule has 2 heterocycles. The zero-order chi connectivity index (χ0) is 12.3. The van der Waals surface area contributed by atoms with Crippen LogP contribution in [0.4, 0.5) is 0 Å². The maximum atomic E-state index is 8.99. The summed E-state index contributed by atoms with van der Waals surface area (Å²) >= 11 is 0. The molecule has 1 aromatic heterocycles. The molecule has 0 radical (unpaired) electrons. The maximum absolute atomic E-state index is 8.99. The number of likely N-dealkylation sites (N-methyl/N-ethyl adjacent to an activating group) is 1. The van der Waals surface area contributed by atoms with Gasteiger partial charge in [0.2, 0.25) is 0 Å². The summed E-state index contributed by atoms with van der Waals surface area (Å²) in [6.07, 6.45) is 2.88. The van der Waals surface area contributed by atoms with Gasteiger partial charge < -0.3 is 4.90 Å². The van der Waals surface area contributed by atoms with Crippen LogP contribution >= 0.6 is 0 Å². The third kappa shape index (κ3) is 2.82. The second kappa shape index (κ2) is 5.26. The molecule has 0 aromatic carbocycles. The van der Waals surface area contributed by atoms with Gasteiger partial charge in [-0.15, -0.1) is 0 Å². The van der Waals surface area contributed by atoms with E-state index in [1.807, 2.05) is 12.1 Å². The molecule has 1 aliphatic rings. The van der Waals surface area contributed by atoms with Crippen LogP contribution in [0, 0.1) is 11.3 Å². The average Bonchev–Trinajstić information content (AvgIpc) is 2.78. The summed E-state index contributed by atoms with van der Waals surface area (Å²) in [4.78, 5) is 8.76. The number of hydrogen-bond donors (Lipinski definition) is 0. The van der Waals surface area contributed by atoms with Crippen LogP contribution in [0.3, 0.4) is 0 Å². The first-order valence-corrected chi connectivity index (χ1v) is 5.93. The molecule has 4 heteroatoms. The van der Waals surface area contributed by atoms with E-state index >= 15 is 0 Å². The Labute approximate surface area is 102 Å². The van der Waals surface area contributed by atoms with E-state index in [0.717, 1.165) is 25.2 Å². The smallest absolute Gasteiger partial charge is 0.144 e. The molecule has 0 spiro atoms. The summed E-state index contributed by atoms with van der Waals surface area (Å²) in [6.45, 7) is 3.01. The summed E-state index contributed by atoms with van der Waals surface area (Å²) in [5, 5.41) is 8.99. The van der Waals surface area contributed by atoms with E-state index in [9.17, 15) is 0 Å². The van der Waals surface area contributed by atoms with E-state index in [0.29, 0.717) is 11.7 Å². The molecule has 1 aromatic rings. The number of likely N-dealkylation sites (tertiary alicyclic amines) is 1. The van der Waals surface area contributed by atoms with E-state index in [-0.39, 0.29) is 0 Å². The van der Waals surface area contributed by atoms with Gasteiger partial charge in [0.15, 0.2) is 0 Å². The normalized spacial score (nSPS) is 20.7. The van der Waals surface area contributed by atoms with Gasteiger partial charge in [0.1, 0.15) is 11.8 Å². The number of pyridine rings is 1. The Kier molecular flexibility index (Phi) is 3.72. The molecule has 0 N–H and O–H groups in total. The first-order chi connectivity index (χ1) is 8.20. The highest BCUT2D eigenvalue weighted by atomic mass is 15.2. The number of nitrogens with zero attached hydrogens (tertiary/aromatic N) is 4. The predicted octanol–water partition coefficient (Wildman–Crippen LogP) is 1.09. The largest absolute Gasteiger partial charge is 0.305 e. The minimum atomic E-state index is 0.556. The van der Waals surface area contributed by atoms with Gasteiger partial charge in [-0.2, -0.15) is 5.26 Å². The topological polar surface area (TPSA) is 43.2 Å². The van der Waals surface area contributed by atoms with Crippen molar-refractivity contribution in [1.82, 2.24) is 14.8 Å². The minimum absolute atomic E-state index is 0.556. The van der Waals surface area contributed by atoms with Gasteiger partial charge in [-0.1, -0.05) is 6.07 Å². The molecule has 0 bridgehead atoms. The van der Waals surface area contributed by atoms with Crippen molar-refractivity contribution in [2.24, 2.45) is 0 Å². The fourth-order valence-electron chi connectivity index (χ4n) is 2.29. The van der Waals surface area contributed by atoms with Gasteiger partial charge in [0.05, 0.1) is 0 Å². The fourth-order valence-corrected chi connectivity index (χ4v) is 2.29. The second-order valence-electron chi connectivity index (χ2n) is 4.76. The van der Waals surface area contributed by atoms with Crippen molar-refractivity contribution in [1.29, 1.82) is 5.26 Å². The summed E-state index contributed by atoms with van der Waals surface area (Å²) in [5.41, 5.74) is 1.59. The lowest BCUT2D eigenvalue weighted by Gasteiger charge is -2.20. The Hall–Kier alpha value is -1.44. The maximum Gasteiger partial charge on any atom is 0.144 e. The molecule has 1 fully saturated rings. The van der Waals surface area contributed by atoms with Crippen molar-refractivity contribution >= 4 is 0 Å². The molecule has 1 aliphatic heterocycles. The Morgan fingerprint density at radius 3 is 3.06 bits per heavy atom. The molecule has 1 unspecified atom stereocenters. The van der Waals surface area contributed by atoms with E-state index < -0.39 is 0 Å². The Balaban J connectivity index is 2.01. The zero-order valence-electron chi connectivity index (χ0n) is 10.4. The minimum Gasteiger partial charge on any atom is -0.305 e. The lowest BCUT2D eigenvalue weighted by molar-refractivity contribution is 0.264. The van der Waals surface area contributed by atoms with Gasteiger partial charge in [0, 0.05) is 37.4 Å². The second-order valence-corrected chi connectivity index (χ2v) is 4.76. The van der Waals surface area contributed by atoms with Crippen molar-refractivity contribution in [2.75, 3.05) is 27.2 Å². The molecule has 1 saturated heterocycles. The van der Waals surface area contributed by atoms with Crippen molar-refractivity contribution in [2.45, 2.75) is 19.0 Å². The molecule has 4 nitrogen and oxygen atoms in total. The summed E-state index contributed by atoms with van der Waals surface area (Å²) in [7, 11) is 4.25. The van der Waals surface area contributed by atoms with Gasteiger partial charge in [-0.05, 0) is 26.6 Å². The number of aromatic nitrogens is 1. The van der Waals surface area contributed by atoms with Crippen LogP contribution < -0.4 is 0 Å². The molecular formula is C13H18N4.